The van der Waals surface area contributed by atoms with Crippen molar-refractivity contribution in [3.63, 3.8) is 0 Å². The minimum absolute atomic E-state index is 0.159. The number of ether oxygens (including phenoxy) is 5. The van der Waals surface area contributed by atoms with E-state index in [4.69, 9.17) is 23.7 Å². The van der Waals surface area contributed by atoms with Crippen molar-refractivity contribution < 1.29 is 48.9 Å². The Hall–Kier alpha value is -2.97. The van der Waals surface area contributed by atoms with E-state index in [-0.39, 0.29) is 6.04 Å². The molecule has 5 rings (SSSR count). The van der Waals surface area contributed by atoms with E-state index in [0.717, 1.165) is 35.3 Å². The molecule has 0 spiro atoms. The molecule has 4 heterocycles. The molecule has 1 aromatic heterocycles. The van der Waals surface area contributed by atoms with E-state index >= 15 is 0 Å². The fourth-order valence-electron chi connectivity index (χ4n) is 5.90. The summed E-state index contributed by atoms with van der Waals surface area (Å²) in [6, 6.07) is 5.76. The molecule has 12 nitrogen and oxygen atoms in total. The first kappa shape index (κ1) is 28.6. The summed E-state index contributed by atoms with van der Waals surface area (Å²) in [6.07, 6.45) is -4.19. The third-order valence-electron chi connectivity index (χ3n) is 8.07. The zero-order valence-corrected chi connectivity index (χ0v) is 22.4. The van der Waals surface area contributed by atoms with Gasteiger partial charge in [-0.2, -0.15) is 0 Å². The fraction of sp³-hybridized carbons (Fsp3) is 0.536. The summed E-state index contributed by atoms with van der Waals surface area (Å²) in [5.41, 5.74) is 3.46. The van der Waals surface area contributed by atoms with Gasteiger partial charge in [-0.05, 0) is 37.1 Å². The van der Waals surface area contributed by atoms with Gasteiger partial charge in [0.1, 0.15) is 30.2 Å². The highest BCUT2D eigenvalue weighted by Gasteiger charge is 2.48. The highest BCUT2D eigenvalue weighted by atomic mass is 16.8. The lowest BCUT2D eigenvalue weighted by Gasteiger charge is -2.43. The Morgan fingerprint density at radius 2 is 1.98 bits per heavy atom. The molecule has 0 unspecified atom stereocenters. The summed E-state index contributed by atoms with van der Waals surface area (Å²) in [5, 5.41) is 45.0. The van der Waals surface area contributed by atoms with Crippen LogP contribution < -0.4 is 10.1 Å². The number of aromatic amines is 1. The molecule has 0 saturated carbocycles. The van der Waals surface area contributed by atoms with Gasteiger partial charge in [0.25, 0.3) is 0 Å². The van der Waals surface area contributed by atoms with Gasteiger partial charge >= 0.3 is 5.97 Å². The molecule has 2 aromatic rings. The first-order valence-electron chi connectivity index (χ1n) is 13.3. The number of methoxy groups -OCH3 is 2. The first-order chi connectivity index (χ1) is 19.3. The van der Waals surface area contributed by atoms with Crippen LogP contribution in [0.1, 0.15) is 23.7 Å². The molecule has 1 saturated heterocycles. The van der Waals surface area contributed by atoms with Crippen LogP contribution in [0.25, 0.3) is 10.9 Å². The monoisotopic (exact) mass is 560 g/mol. The Kier molecular flexibility index (Phi) is 8.47. The Bertz CT molecular complexity index is 1260. The van der Waals surface area contributed by atoms with Crippen LogP contribution in [-0.4, -0.2) is 95.7 Å². The van der Waals surface area contributed by atoms with Crippen molar-refractivity contribution in [2.45, 2.75) is 55.9 Å². The number of aliphatic hydroxyl groups excluding tert-OH is 4. The summed E-state index contributed by atoms with van der Waals surface area (Å²) in [5.74, 6) is -0.877. The predicted molar refractivity (Wildman–Crippen MR) is 141 cm³/mol. The number of nitrogens with one attached hydrogen (secondary N) is 2. The van der Waals surface area contributed by atoms with Gasteiger partial charge in [-0.3, -0.25) is 0 Å². The van der Waals surface area contributed by atoms with Crippen LogP contribution in [0.3, 0.4) is 0 Å². The maximum absolute atomic E-state index is 12.8. The smallest absolute Gasteiger partial charge is 0.337 e. The Morgan fingerprint density at radius 3 is 2.67 bits per heavy atom. The number of esters is 1. The third-order valence-corrected chi connectivity index (χ3v) is 8.07. The van der Waals surface area contributed by atoms with Crippen LogP contribution in [0.4, 0.5) is 0 Å². The van der Waals surface area contributed by atoms with Crippen molar-refractivity contribution in [2.75, 3.05) is 27.4 Å². The van der Waals surface area contributed by atoms with Gasteiger partial charge in [-0.1, -0.05) is 6.08 Å². The summed E-state index contributed by atoms with van der Waals surface area (Å²) in [6.45, 7) is 4.09. The molecule has 0 aliphatic carbocycles. The largest absolute Gasteiger partial charge is 0.497 e. The molecule has 3 aliphatic rings. The number of carbonyl (C=O) groups is 1. The van der Waals surface area contributed by atoms with Gasteiger partial charge in [-0.25, -0.2) is 4.79 Å². The molecule has 40 heavy (non-hydrogen) atoms. The molecule has 0 radical (unpaired) electrons. The van der Waals surface area contributed by atoms with Gasteiger partial charge in [0.05, 0.1) is 32.7 Å². The Balaban J connectivity index is 1.43. The molecule has 1 fully saturated rings. The lowest BCUT2D eigenvalue weighted by Crippen LogP contribution is -2.60. The second-order valence-corrected chi connectivity index (χ2v) is 10.2. The number of benzene rings is 1. The number of hydrogen-bond donors (Lipinski definition) is 6. The average Bonchev–Trinajstić information content (AvgIpc) is 3.36. The van der Waals surface area contributed by atoms with E-state index in [1.807, 2.05) is 18.2 Å². The quantitative estimate of drug-likeness (QED) is 0.195. The molecule has 0 amide bonds. The second-order valence-electron chi connectivity index (χ2n) is 10.2. The number of fused-ring (bicyclic) bond motifs is 3. The van der Waals surface area contributed by atoms with Crippen molar-refractivity contribution in [1.29, 1.82) is 0 Å². The molecule has 9 atom stereocenters. The van der Waals surface area contributed by atoms with E-state index in [2.05, 4.69) is 16.9 Å². The number of hydrogen-bond acceptors (Lipinski definition) is 11. The van der Waals surface area contributed by atoms with Crippen molar-refractivity contribution >= 4 is 16.9 Å². The number of aromatic nitrogens is 1. The summed E-state index contributed by atoms with van der Waals surface area (Å²) in [7, 11) is 2.92. The van der Waals surface area contributed by atoms with Gasteiger partial charge < -0.3 is 54.4 Å². The highest BCUT2D eigenvalue weighted by Crippen LogP contribution is 2.42. The van der Waals surface area contributed by atoms with Crippen LogP contribution in [0, 0.1) is 11.8 Å². The number of aliphatic hydroxyl groups is 4. The van der Waals surface area contributed by atoms with E-state index in [1.54, 1.807) is 13.2 Å². The first-order valence-corrected chi connectivity index (χ1v) is 13.3. The SMILES string of the molecule is C=C[C@H]1[C@H](O[C@@H]2O[C@H](CO)[C@@H](O)[C@H](O)[C@H]2O)OC=C(C(=O)OC)[C@H]1C[C@@H]1NCCc2c1[nH]c1cc(OC)ccc21. The summed E-state index contributed by atoms with van der Waals surface area (Å²) >= 11 is 0. The molecule has 218 valence electrons. The zero-order chi connectivity index (χ0) is 28.6. The Labute approximate surface area is 231 Å². The Morgan fingerprint density at radius 1 is 1.18 bits per heavy atom. The molecule has 12 heteroatoms. The van der Waals surface area contributed by atoms with E-state index < -0.39 is 61.4 Å². The van der Waals surface area contributed by atoms with Gasteiger partial charge in [0, 0.05) is 40.5 Å². The molecular weight excluding hydrogens is 524 g/mol. The topological polar surface area (TPSA) is 172 Å². The lowest BCUT2D eigenvalue weighted by atomic mass is 9.78. The second kappa shape index (κ2) is 11.9. The van der Waals surface area contributed by atoms with E-state index in [0.29, 0.717) is 12.0 Å². The van der Waals surface area contributed by atoms with Crippen LogP contribution in [0.2, 0.25) is 0 Å². The number of rotatable bonds is 8. The van der Waals surface area contributed by atoms with E-state index in [9.17, 15) is 25.2 Å². The molecule has 6 N–H and O–H groups in total. The fourth-order valence-corrected chi connectivity index (χ4v) is 5.90. The van der Waals surface area contributed by atoms with Crippen LogP contribution in [0.15, 0.2) is 42.7 Å². The number of H-pyrrole nitrogens is 1. The highest BCUT2D eigenvalue weighted by molar-refractivity contribution is 5.89. The van der Waals surface area contributed by atoms with Gasteiger partial charge in [0.15, 0.2) is 6.29 Å². The predicted octanol–water partition coefficient (Wildman–Crippen LogP) is 0.402. The molecule has 3 aliphatic heterocycles. The maximum atomic E-state index is 12.8. The lowest BCUT2D eigenvalue weighted by molar-refractivity contribution is -0.339. The standard InChI is InChI=1S/C28H36N2O10/c1-4-14-17(10-20-22-16(7-8-29-20)15-6-5-13(36-2)9-19(15)30-22)18(26(35)37-3)12-38-27(14)40-28-25(34)24(33)23(32)21(11-31)39-28/h4-6,9,12,14,17,20-21,23-25,27-34H,1,7-8,10-11H2,2-3H3/t14-,17+,20+,21-,23-,24+,25-,27+,28+/m1/s1. The van der Waals surface area contributed by atoms with Gasteiger partial charge in [-0.15, -0.1) is 6.58 Å². The van der Waals surface area contributed by atoms with Crippen LogP contribution in [0.5, 0.6) is 5.75 Å². The van der Waals surface area contributed by atoms with Crippen LogP contribution in [-0.2, 0) is 30.2 Å². The van der Waals surface area contributed by atoms with Crippen molar-refractivity contribution in [1.82, 2.24) is 10.3 Å². The number of carbonyl (C=O) groups excluding carboxylic acids is 1. The third kappa shape index (κ3) is 5.12. The van der Waals surface area contributed by atoms with Crippen LogP contribution >= 0.6 is 0 Å². The zero-order valence-electron chi connectivity index (χ0n) is 22.4. The maximum Gasteiger partial charge on any atom is 0.337 e. The van der Waals surface area contributed by atoms with Crippen molar-refractivity contribution in [2.24, 2.45) is 11.8 Å². The summed E-state index contributed by atoms with van der Waals surface area (Å²) < 4.78 is 27.7. The van der Waals surface area contributed by atoms with E-state index in [1.165, 1.54) is 18.9 Å². The van der Waals surface area contributed by atoms with Crippen molar-refractivity contribution in [3.05, 3.63) is 53.9 Å². The molecule has 1 aromatic carbocycles. The minimum Gasteiger partial charge on any atom is -0.497 e. The summed E-state index contributed by atoms with van der Waals surface area (Å²) in [4.78, 5) is 16.3. The minimum atomic E-state index is -1.61. The normalized spacial score (nSPS) is 34.0. The average molecular weight is 561 g/mol. The van der Waals surface area contributed by atoms with Crippen molar-refractivity contribution in [3.8, 4) is 5.75 Å². The van der Waals surface area contributed by atoms with Gasteiger partial charge in [0.2, 0.25) is 6.29 Å². The molecule has 0 bridgehead atoms. The molecular formula is C28H36N2O10.